The summed E-state index contributed by atoms with van der Waals surface area (Å²) in [5.74, 6) is -0.392. The molecule has 3 rings (SSSR count). The molecule has 0 aliphatic heterocycles. The third-order valence-corrected chi connectivity index (χ3v) is 5.13. The van der Waals surface area contributed by atoms with Gasteiger partial charge < -0.3 is 10.6 Å². The average Bonchev–Trinajstić information content (AvgIpc) is 2.79. The van der Waals surface area contributed by atoms with Crippen molar-refractivity contribution in [1.82, 2.24) is 10.6 Å². The lowest BCUT2D eigenvalue weighted by Crippen LogP contribution is -2.34. The van der Waals surface area contributed by atoms with Gasteiger partial charge in [0.2, 0.25) is 5.91 Å². The Morgan fingerprint density at radius 3 is 2.13 bits per heavy atom. The molecule has 0 fully saturated rings. The number of carbonyl (C=O) groups excluding carboxylic acids is 2. The number of benzene rings is 3. The van der Waals surface area contributed by atoms with Crippen LogP contribution in [0.3, 0.4) is 0 Å². The molecule has 2 unspecified atom stereocenters. The Bertz CT molecular complexity index is 1070. The Hall–Kier alpha value is -3.91. The molecule has 31 heavy (non-hydrogen) atoms. The fourth-order valence-electron chi connectivity index (χ4n) is 3.30. The summed E-state index contributed by atoms with van der Waals surface area (Å²) in [6.07, 6.45) is 0.113. The minimum atomic E-state index is -0.455. The molecule has 5 nitrogen and oxygen atoms in total. The summed E-state index contributed by atoms with van der Waals surface area (Å²) >= 11 is 0. The maximum absolute atomic E-state index is 12.8. The second kappa shape index (κ2) is 10.2. The van der Waals surface area contributed by atoms with Gasteiger partial charge in [0.15, 0.2) is 0 Å². The largest absolute Gasteiger partial charge is 0.350 e. The van der Waals surface area contributed by atoms with Gasteiger partial charge in [-0.3, -0.25) is 9.59 Å². The van der Waals surface area contributed by atoms with Gasteiger partial charge in [0.1, 0.15) is 0 Å². The third-order valence-electron chi connectivity index (χ3n) is 5.13. The van der Waals surface area contributed by atoms with E-state index < -0.39 is 6.04 Å². The van der Waals surface area contributed by atoms with Crippen molar-refractivity contribution in [1.29, 1.82) is 5.26 Å². The summed E-state index contributed by atoms with van der Waals surface area (Å²) in [5.41, 5.74) is 3.98. The SMILES string of the molecule is Cc1ccc(C(=O)NC(CC(=O)NC(C)c2ccc(C#N)cc2)c2ccccc2)cc1. The van der Waals surface area contributed by atoms with E-state index in [4.69, 9.17) is 5.26 Å². The normalized spacial score (nSPS) is 12.3. The first-order valence-electron chi connectivity index (χ1n) is 10.2. The van der Waals surface area contributed by atoms with Crippen LogP contribution in [0, 0.1) is 18.3 Å². The highest BCUT2D eigenvalue weighted by atomic mass is 16.2. The zero-order chi connectivity index (χ0) is 22.2. The van der Waals surface area contributed by atoms with Gasteiger partial charge in [-0.2, -0.15) is 5.26 Å². The maximum Gasteiger partial charge on any atom is 0.251 e. The molecule has 2 N–H and O–H groups in total. The van der Waals surface area contributed by atoms with Crippen LogP contribution < -0.4 is 10.6 Å². The van der Waals surface area contributed by atoms with Gasteiger partial charge in [-0.05, 0) is 49.2 Å². The monoisotopic (exact) mass is 411 g/mol. The minimum Gasteiger partial charge on any atom is -0.350 e. The molecule has 0 heterocycles. The first-order valence-corrected chi connectivity index (χ1v) is 10.2. The predicted octanol–water partition coefficient (Wildman–Crippen LogP) is 4.61. The van der Waals surface area contributed by atoms with Crippen LogP contribution >= 0.6 is 0 Å². The van der Waals surface area contributed by atoms with Crippen LogP contribution in [0.15, 0.2) is 78.9 Å². The van der Waals surface area contributed by atoms with Crippen molar-refractivity contribution >= 4 is 11.8 Å². The molecule has 3 aromatic carbocycles. The Morgan fingerprint density at radius 2 is 1.52 bits per heavy atom. The zero-order valence-corrected chi connectivity index (χ0v) is 17.6. The van der Waals surface area contributed by atoms with Gasteiger partial charge in [-0.25, -0.2) is 0 Å². The third kappa shape index (κ3) is 6.03. The van der Waals surface area contributed by atoms with Crippen LogP contribution in [0.1, 0.15) is 58.0 Å². The summed E-state index contributed by atoms with van der Waals surface area (Å²) in [5, 5.41) is 14.9. The fraction of sp³-hybridized carbons (Fsp3) is 0.192. The molecule has 0 spiro atoms. The number of nitriles is 1. The van der Waals surface area contributed by atoms with Gasteiger partial charge in [0, 0.05) is 5.56 Å². The summed E-state index contributed by atoms with van der Waals surface area (Å²) in [6, 6.07) is 25.3. The number of rotatable bonds is 7. The van der Waals surface area contributed by atoms with E-state index in [-0.39, 0.29) is 24.3 Å². The van der Waals surface area contributed by atoms with Crippen LogP contribution in [-0.4, -0.2) is 11.8 Å². The molecule has 0 radical (unpaired) electrons. The molecule has 2 amide bonds. The van der Waals surface area contributed by atoms with Crippen LogP contribution in [-0.2, 0) is 4.79 Å². The van der Waals surface area contributed by atoms with Gasteiger partial charge in [0.05, 0.1) is 30.1 Å². The van der Waals surface area contributed by atoms with Crippen LogP contribution in [0.4, 0.5) is 0 Å². The molecule has 156 valence electrons. The standard InChI is InChI=1S/C26H25N3O2/c1-18-8-12-23(13-9-18)26(31)29-24(22-6-4-3-5-7-22)16-25(30)28-19(2)21-14-10-20(17-27)11-15-21/h3-15,19,24H,16H2,1-2H3,(H,28,30)(H,29,31). The summed E-state index contributed by atoms with van der Waals surface area (Å²) < 4.78 is 0. The number of nitrogens with zero attached hydrogens (tertiary/aromatic N) is 1. The van der Waals surface area contributed by atoms with Gasteiger partial charge in [-0.15, -0.1) is 0 Å². The minimum absolute atomic E-state index is 0.113. The van der Waals surface area contributed by atoms with Crippen molar-refractivity contribution in [3.05, 3.63) is 107 Å². The van der Waals surface area contributed by atoms with Gasteiger partial charge in [-0.1, -0.05) is 60.2 Å². The van der Waals surface area contributed by atoms with E-state index in [9.17, 15) is 9.59 Å². The van der Waals surface area contributed by atoms with E-state index in [1.54, 1.807) is 24.3 Å². The Morgan fingerprint density at radius 1 is 0.871 bits per heavy atom. The highest BCUT2D eigenvalue weighted by molar-refractivity contribution is 5.94. The molecule has 0 aliphatic carbocycles. The molecule has 0 saturated heterocycles. The maximum atomic E-state index is 12.8. The smallest absolute Gasteiger partial charge is 0.251 e. The van der Waals surface area contributed by atoms with Crippen molar-refractivity contribution in [3.63, 3.8) is 0 Å². The second-order valence-electron chi connectivity index (χ2n) is 7.53. The average molecular weight is 412 g/mol. The number of hydrogen-bond acceptors (Lipinski definition) is 3. The Balaban J connectivity index is 1.70. The van der Waals surface area contributed by atoms with Crippen molar-refractivity contribution in [3.8, 4) is 6.07 Å². The van der Waals surface area contributed by atoms with E-state index >= 15 is 0 Å². The molecular formula is C26H25N3O2. The highest BCUT2D eigenvalue weighted by Crippen LogP contribution is 2.19. The van der Waals surface area contributed by atoms with Crippen molar-refractivity contribution < 1.29 is 9.59 Å². The number of aryl methyl sites for hydroxylation is 1. The lowest BCUT2D eigenvalue weighted by molar-refractivity contribution is -0.122. The van der Waals surface area contributed by atoms with Crippen LogP contribution in [0.5, 0.6) is 0 Å². The molecule has 0 aromatic heterocycles. The molecule has 5 heteroatoms. The lowest BCUT2D eigenvalue weighted by Gasteiger charge is -2.21. The van der Waals surface area contributed by atoms with E-state index in [0.29, 0.717) is 11.1 Å². The highest BCUT2D eigenvalue weighted by Gasteiger charge is 2.20. The van der Waals surface area contributed by atoms with Gasteiger partial charge >= 0.3 is 0 Å². The van der Waals surface area contributed by atoms with E-state index in [2.05, 4.69) is 16.7 Å². The molecule has 0 aliphatic rings. The van der Waals surface area contributed by atoms with E-state index in [1.165, 1.54) is 0 Å². The zero-order valence-electron chi connectivity index (χ0n) is 17.6. The molecule has 3 aromatic rings. The van der Waals surface area contributed by atoms with Crippen molar-refractivity contribution in [2.24, 2.45) is 0 Å². The summed E-state index contributed by atoms with van der Waals surface area (Å²) in [7, 11) is 0. The molecule has 2 atom stereocenters. The Kier molecular flexibility index (Phi) is 7.18. The molecule has 0 saturated carbocycles. The number of hydrogen-bond donors (Lipinski definition) is 2. The van der Waals surface area contributed by atoms with E-state index in [1.807, 2.05) is 68.4 Å². The summed E-state index contributed by atoms with van der Waals surface area (Å²) in [6.45, 7) is 3.86. The first kappa shape index (κ1) is 21.8. The van der Waals surface area contributed by atoms with Crippen LogP contribution in [0.2, 0.25) is 0 Å². The number of carbonyl (C=O) groups is 2. The Labute approximate surface area is 182 Å². The fourth-order valence-corrected chi connectivity index (χ4v) is 3.30. The van der Waals surface area contributed by atoms with Crippen LogP contribution in [0.25, 0.3) is 0 Å². The van der Waals surface area contributed by atoms with Crippen molar-refractivity contribution in [2.75, 3.05) is 0 Å². The molecule has 0 bridgehead atoms. The van der Waals surface area contributed by atoms with Crippen molar-refractivity contribution in [2.45, 2.75) is 32.4 Å². The first-order chi connectivity index (χ1) is 15.0. The topological polar surface area (TPSA) is 82.0 Å². The lowest BCUT2D eigenvalue weighted by atomic mass is 10.0. The number of nitrogens with one attached hydrogen (secondary N) is 2. The summed E-state index contributed by atoms with van der Waals surface area (Å²) in [4.78, 5) is 25.5. The predicted molar refractivity (Wildman–Crippen MR) is 120 cm³/mol. The second-order valence-corrected chi connectivity index (χ2v) is 7.53. The van der Waals surface area contributed by atoms with Gasteiger partial charge in [0.25, 0.3) is 5.91 Å². The number of amides is 2. The quantitative estimate of drug-likeness (QED) is 0.596. The van der Waals surface area contributed by atoms with E-state index in [0.717, 1.165) is 16.7 Å². The molecular weight excluding hydrogens is 386 g/mol.